The molecule has 12 rings (SSSR count). The highest BCUT2D eigenvalue weighted by Gasteiger charge is 2.54. The van der Waals surface area contributed by atoms with Crippen LogP contribution >= 0.6 is 0 Å². The van der Waals surface area contributed by atoms with Gasteiger partial charge < -0.3 is 89.0 Å². The van der Waals surface area contributed by atoms with Crippen LogP contribution in [0, 0.1) is 0 Å². The van der Waals surface area contributed by atoms with Crippen molar-refractivity contribution in [2.24, 2.45) is 0 Å². The average Bonchev–Trinajstić information content (AvgIpc) is 3.38. The molecule has 0 aliphatic carbocycles. The third-order valence-electron chi connectivity index (χ3n) is 14.5. The minimum absolute atomic E-state index is 0.0413. The molecule has 4 aromatic rings. The summed E-state index contributed by atoms with van der Waals surface area (Å²) in [6, 6.07) is 31.7. The Morgan fingerprint density at radius 2 is 0.586 bits per heavy atom. The van der Waals surface area contributed by atoms with Gasteiger partial charge in [0.2, 0.25) is 11.6 Å². The maximum atomic E-state index is 10.1. The molecule has 18 heteroatoms. The van der Waals surface area contributed by atoms with E-state index in [0.29, 0.717) is 65.0 Å². The molecule has 18 nitrogen and oxygen atoms in total. The molecule has 10 N–H and O–H groups in total. The van der Waals surface area contributed by atoms with Gasteiger partial charge in [0.05, 0.1) is 65.1 Å². The van der Waals surface area contributed by atoms with E-state index >= 15 is 0 Å². The average molecular weight is 977 g/mol. The van der Waals surface area contributed by atoms with Gasteiger partial charge in [0.15, 0.2) is 11.6 Å². The second-order valence-electron chi connectivity index (χ2n) is 19.3. The minimum atomic E-state index is -1.25. The van der Waals surface area contributed by atoms with Crippen LogP contribution in [0.25, 0.3) is 0 Å². The third kappa shape index (κ3) is 10.8. The molecule has 8 heterocycles. The Labute approximate surface area is 405 Å². The molecule has 0 radical (unpaired) electrons. The van der Waals surface area contributed by atoms with Crippen molar-refractivity contribution in [2.75, 3.05) is 26.4 Å². The number of fused-ring (bicyclic) bond motifs is 4. The Morgan fingerprint density at radius 3 is 0.914 bits per heavy atom. The molecule has 70 heavy (non-hydrogen) atoms. The van der Waals surface area contributed by atoms with Crippen LogP contribution in [0.2, 0.25) is 0 Å². The largest absolute Gasteiger partial charge is 0.390 e. The number of benzene rings is 4. The van der Waals surface area contributed by atoms with Crippen molar-refractivity contribution >= 4 is 0 Å². The number of hydrogen-bond acceptors (Lipinski definition) is 18. The Kier molecular flexibility index (Phi) is 15.6. The lowest BCUT2D eigenvalue weighted by atomic mass is 9.88. The quantitative estimate of drug-likeness (QED) is 0.114. The van der Waals surface area contributed by atoms with E-state index in [1.54, 1.807) is 0 Å². The summed E-state index contributed by atoms with van der Waals surface area (Å²) in [5.41, 5.74) is 8.91. The van der Waals surface area contributed by atoms with Crippen molar-refractivity contribution in [1.29, 1.82) is 0 Å². The first-order chi connectivity index (χ1) is 33.6. The highest BCUT2D eigenvalue weighted by atomic mass is 16.7. The van der Waals surface area contributed by atoms with Gasteiger partial charge in [-0.25, -0.2) is 0 Å². The van der Waals surface area contributed by atoms with E-state index in [-0.39, 0.29) is 26.4 Å². The van der Waals surface area contributed by atoms with E-state index in [0.717, 1.165) is 22.3 Å². The van der Waals surface area contributed by atoms with Crippen molar-refractivity contribution < 1.29 is 89.0 Å². The van der Waals surface area contributed by atoms with Crippen LogP contribution < -0.4 is 0 Å². The number of hydrogen-bond donors (Lipinski definition) is 10. The summed E-state index contributed by atoms with van der Waals surface area (Å²) in [5, 5.41) is 97.0. The molecule has 4 aromatic carbocycles. The van der Waals surface area contributed by atoms with Crippen LogP contribution in [-0.2, 0) is 90.0 Å². The van der Waals surface area contributed by atoms with Gasteiger partial charge in [-0.1, -0.05) is 97.1 Å². The Balaban J connectivity index is 0.000000116. The lowest BCUT2D eigenvalue weighted by Gasteiger charge is -2.47. The van der Waals surface area contributed by atoms with Gasteiger partial charge in [0.1, 0.15) is 48.8 Å². The van der Waals surface area contributed by atoms with E-state index in [1.165, 1.54) is 22.3 Å². The Bertz CT molecular complexity index is 2230. The minimum Gasteiger partial charge on any atom is -0.390 e. The molecular weight excluding hydrogens is 913 g/mol. The van der Waals surface area contributed by atoms with Crippen LogP contribution in [0.4, 0.5) is 0 Å². The molecule has 0 bridgehead atoms. The molecule has 8 aliphatic rings. The normalized spacial score (nSPS) is 38.3. The van der Waals surface area contributed by atoms with Gasteiger partial charge in [-0.2, -0.15) is 0 Å². The fourth-order valence-electron chi connectivity index (χ4n) is 10.1. The van der Waals surface area contributed by atoms with Gasteiger partial charge in [0.25, 0.3) is 0 Å². The van der Waals surface area contributed by atoms with Gasteiger partial charge >= 0.3 is 0 Å². The maximum absolute atomic E-state index is 10.1. The lowest BCUT2D eigenvalue weighted by Crippen LogP contribution is -2.63. The molecule has 380 valence electrons. The predicted molar refractivity (Wildman–Crippen MR) is 244 cm³/mol. The number of aliphatic hydroxyl groups is 10. The van der Waals surface area contributed by atoms with Crippen molar-refractivity contribution in [3.05, 3.63) is 142 Å². The van der Waals surface area contributed by atoms with E-state index in [9.17, 15) is 51.1 Å². The molecule has 4 fully saturated rings. The van der Waals surface area contributed by atoms with Crippen molar-refractivity contribution in [2.45, 2.75) is 149 Å². The Hall–Kier alpha value is -3.84. The predicted octanol–water partition coefficient (Wildman–Crippen LogP) is 0.332. The van der Waals surface area contributed by atoms with Gasteiger partial charge in [-0.05, 0) is 44.5 Å². The van der Waals surface area contributed by atoms with E-state index in [1.807, 2.05) is 84.9 Å². The molecule has 0 unspecified atom stereocenters. The van der Waals surface area contributed by atoms with Crippen LogP contribution in [0.3, 0.4) is 0 Å². The molecule has 14 atom stereocenters. The zero-order chi connectivity index (χ0) is 49.3. The molecular formula is C52H64O18. The fraction of sp³-hybridized carbons (Fsp3) is 0.538. The van der Waals surface area contributed by atoms with Crippen LogP contribution in [0.5, 0.6) is 0 Å². The number of rotatable bonds is 0. The second-order valence-corrected chi connectivity index (χ2v) is 19.3. The summed E-state index contributed by atoms with van der Waals surface area (Å²) in [7, 11) is 0. The van der Waals surface area contributed by atoms with Gasteiger partial charge in [-0.15, -0.1) is 0 Å². The lowest BCUT2D eigenvalue weighted by molar-refractivity contribution is -0.346. The zero-order valence-corrected chi connectivity index (χ0v) is 38.6. The topological polar surface area (TPSA) is 276 Å². The number of aliphatic hydroxyl groups excluding tert-OH is 10. The van der Waals surface area contributed by atoms with Crippen molar-refractivity contribution in [1.82, 2.24) is 0 Å². The smallest absolute Gasteiger partial charge is 0.201 e. The summed E-state index contributed by atoms with van der Waals surface area (Å²) in [6.07, 6.45) is -7.66. The standard InChI is InChI=1S/2C13H16O5.2C13H16O4/c2*14-10-7-18-13(12(16)11(10)15)5-8-3-1-2-4-9(8)6-17-13;2*14-11-6-13(17-8-12(11)15)5-9-3-1-2-4-10(9)7-16-13/h2*1-4,10-12,14-16H,5-7H2;2*1-4,11-12,14-15H,5-8H2/t10-,11-,12+,13+;10-,11-,12+,13-;11-,12+,13+;11-,12+,13-/m1100/s1. The summed E-state index contributed by atoms with van der Waals surface area (Å²) in [5.74, 6) is -4.00. The molecule has 8 aliphatic heterocycles. The molecule has 4 saturated heterocycles. The maximum Gasteiger partial charge on any atom is 0.201 e. The van der Waals surface area contributed by atoms with Crippen LogP contribution in [0.15, 0.2) is 97.1 Å². The molecule has 0 saturated carbocycles. The number of ether oxygens (including phenoxy) is 8. The third-order valence-corrected chi connectivity index (χ3v) is 14.5. The summed E-state index contributed by atoms with van der Waals surface area (Å²) < 4.78 is 44.9. The van der Waals surface area contributed by atoms with Crippen molar-refractivity contribution in [3.8, 4) is 0 Å². The molecule has 0 aromatic heterocycles. The SMILES string of the molecule is O[C@@H]1CO[C@@]2(Cc3ccccc3CO2)C[C@@H]1O.O[C@@H]1CO[C@]2(Cc3ccccc3CO2)C[C@@H]1O.O[C@@H]1[C@H](O)CO[C@@]2(Cc3ccccc3CO2)[C@H]1O.O[C@@H]1[C@H](O)CO[C@]2(Cc3ccccc3CO2)[C@H]1O. The van der Waals surface area contributed by atoms with E-state index in [2.05, 4.69) is 12.1 Å². The van der Waals surface area contributed by atoms with Crippen molar-refractivity contribution in [3.63, 3.8) is 0 Å². The van der Waals surface area contributed by atoms with Gasteiger partial charge in [0, 0.05) is 38.5 Å². The highest BCUT2D eigenvalue weighted by Crippen LogP contribution is 2.40. The monoisotopic (exact) mass is 976 g/mol. The first-order valence-electron chi connectivity index (χ1n) is 23.8. The van der Waals surface area contributed by atoms with Crippen LogP contribution in [-0.4, -0.2) is 162 Å². The van der Waals surface area contributed by atoms with E-state index < -0.39 is 84.2 Å². The first-order valence-corrected chi connectivity index (χ1v) is 23.8. The zero-order valence-electron chi connectivity index (χ0n) is 38.6. The fourth-order valence-corrected chi connectivity index (χ4v) is 10.1. The van der Waals surface area contributed by atoms with Crippen LogP contribution in [0.1, 0.15) is 57.3 Å². The van der Waals surface area contributed by atoms with E-state index in [4.69, 9.17) is 37.9 Å². The summed E-state index contributed by atoms with van der Waals surface area (Å²) in [4.78, 5) is 0. The first kappa shape index (κ1) is 51.1. The second kappa shape index (κ2) is 21.3. The molecule has 0 amide bonds. The van der Waals surface area contributed by atoms with Gasteiger partial charge in [-0.3, -0.25) is 0 Å². The summed E-state index contributed by atoms with van der Waals surface area (Å²) in [6.45, 7) is 1.83. The molecule has 4 spiro atoms. The summed E-state index contributed by atoms with van der Waals surface area (Å²) >= 11 is 0. The Morgan fingerprint density at radius 1 is 0.300 bits per heavy atom. The highest BCUT2D eigenvalue weighted by molar-refractivity contribution is 5.33.